The average Bonchev–Trinajstić information content (AvgIpc) is 3.27. The Hall–Kier alpha value is -2.06. The Morgan fingerprint density at radius 1 is 1.23 bits per heavy atom. The number of carbonyl (C=O) groups excluding carboxylic acids is 1. The van der Waals surface area contributed by atoms with Crippen molar-refractivity contribution in [3.63, 3.8) is 0 Å². The second-order valence-electron chi connectivity index (χ2n) is 7.53. The Bertz CT molecular complexity index is 726. The molecule has 5 nitrogen and oxygen atoms in total. The van der Waals surface area contributed by atoms with Crippen LogP contribution >= 0.6 is 0 Å². The standard InChI is InChI=1S/C21H30N4O/c1-4-23-9-11-24(12-10-23)21(26)19(15-22)14-18-13-16(2)25(17(18)3)20-7-5-6-8-20/h13-14,20H,4-12H2,1-3H3/b19-14+. The van der Waals surface area contributed by atoms with Gasteiger partial charge < -0.3 is 14.4 Å². The van der Waals surface area contributed by atoms with Crippen LogP contribution in [0, 0.1) is 25.2 Å². The molecule has 0 spiro atoms. The highest BCUT2D eigenvalue weighted by atomic mass is 16.2. The fourth-order valence-electron chi connectivity index (χ4n) is 4.41. The van der Waals surface area contributed by atoms with Crippen molar-refractivity contribution in [2.45, 2.75) is 52.5 Å². The topological polar surface area (TPSA) is 52.3 Å². The van der Waals surface area contributed by atoms with Gasteiger partial charge in [0, 0.05) is 43.6 Å². The summed E-state index contributed by atoms with van der Waals surface area (Å²) in [5.74, 6) is -0.131. The van der Waals surface area contributed by atoms with Crippen LogP contribution in [0.5, 0.6) is 0 Å². The van der Waals surface area contributed by atoms with Gasteiger partial charge in [-0.2, -0.15) is 5.26 Å². The van der Waals surface area contributed by atoms with Crippen molar-refractivity contribution < 1.29 is 4.79 Å². The van der Waals surface area contributed by atoms with Crippen LogP contribution in [0.3, 0.4) is 0 Å². The van der Waals surface area contributed by atoms with Crippen LogP contribution in [0.2, 0.25) is 0 Å². The predicted octanol–water partition coefficient (Wildman–Crippen LogP) is 3.29. The molecule has 0 N–H and O–H groups in total. The lowest BCUT2D eigenvalue weighted by Crippen LogP contribution is -2.48. The summed E-state index contributed by atoms with van der Waals surface area (Å²) in [5, 5.41) is 9.58. The van der Waals surface area contributed by atoms with Crippen LogP contribution in [0.15, 0.2) is 11.6 Å². The van der Waals surface area contributed by atoms with E-state index in [4.69, 9.17) is 0 Å². The van der Waals surface area contributed by atoms with Gasteiger partial charge in [0.15, 0.2) is 0 Å². The van der Waals surface area contributed by atoms with E-state index < -0.39 is 0 Å². The summed E-state index contributed by atoms with van der Waals surface area (Å²) in [6.07, 6.45) is 6.83. The van der Waals surface area contributed by atoms with Crippen molar-refractivity contribution in [3.05, 3.63) is 28.6 Å². The molecule has 0 aromatic carbocycles. The molecule has 140 valence electrons. The minimum atomic E-state index is -0.131. The minimum Gasteiger partial charge on any atom is -0.346 e. The molecule has 0 bridgehead atoms. The summed E-state index contributed by atoms with van der Waals surface area (Å²) < 4.78 is 2.40. The minimum absolute atomic E-state index is 0.131. The van der Waals surface area contributed by atoms with Crippen LogP contribution in [0.25, 0.3) is 6.08 Å². The smallest absolute Gasteiger partial charge is 0.264 e. The quantitative estimate of drug-likeness (QED) is 0.616. The van der Waals surface area contributed by atoms with Gasteiger partial charge in [0.2, 0.25) is 0 Å². The van der Waals surface area contributed by atoms with Crippen molar-refractivity contribution in [1.29, 1.82) is 5.26 Å². The van der Waals surface area contributed by atoms with Gasteiger partial charge in [-0.1, -0.05) is 19.8 Å². The van der Waals surface area contributed by atoms with E-state index in [0.717, 1.165) is 25.2 Å². The van der Waals surface area contributed by atoms with E-state index in [9.17, 15) is 10.1 Å². The van der Waals surface area contributed by atoms with Crippen LogP contribution in [0.4, 0.5) is 0 Å². The van der Waals surface area contributed by atoms with E-state index in [1.165, 1.54) is 37.1 Å². The normalized spacial score (nSPS) is 19.8. The Morgan fingerprint density at radius 3 is 2.46 bits per heavy atom. The summed E-state index contributed by atoms with van der Waals surface area (Å²) in [5.41, 5.74) is 3.65. The maximum absolute atomic E-state index is 12.8. The molecule has 0 atom stereocenters. The van der Waals surface area contributed by atoms with E-state index in [0.29, 0.717) is 19.1 Å². The van der Waals surface area contributed by atoms with Crippen LogP contribution in [-0.4, -0.2) is 53.0 Å². The molecule has 2 aliphatic rings. The zero-order valence-corrected chi connectivity index (χ0v) is 16.3. The fourth-order valence-corrected chi connectivity index (χ4v) is 4.41. The highest BCUT2D eigenvalue weighted by Gasteiger charge is 2.24. The molecule has 1 aromatic heterocycles. The molecular weight excluding hydrogens is 324 g/mol. The van der Waals surface area contributed by atoms with Gasteiger partial charge in [0.05, 0.1) is 0 Å². The zero-order chi connectivity index (χ0) is 18.7. The van der Waals surface area contributed by atoms with Gasteiger partial charge in [-0.15, -0.1) is 0 Å². The number of hydrogen-bond acceptors (Lipinski definition) is 3. The third-order valence-electron chi connectivity index (χ3n) is 5.97. The monoisotopic (exact) mass is 354 g/mol. The number of rotatable bonds is 4. The van der Waals surface area contributed by atoms with Crippen LogP contribution in [0.1, 0.15) is 55.6 Å². The first-order valence-corrected chi connectivity index (χ1v) is 9.87. The third kappa shape index (κ3) is 3.71. The predicted molar refractivity (Wildman–Crippen MR) is 104 cm³/mol. The molecule has 0 unspecified atom stereocenters. The van der Waals surface area contributed by atoms with Crippen LogP contribution < -0.4 is 0 Å². The van der Waals surface area contributed by atoms with Crippen LogP contribution in [-0.2, 0) is 4.79 Å². The molecule has 26 heavy (non-hydrogen) atoms. The Balaban J connectivity index is 1.80. The first-order chi connectivity index (χ1) is 12.5. The lowest BCUT2D eigenvalue weighted by molar-refractivity contribution is -0.128. The second-order valence-corrected chi connectivity index (χ2v) is 7.53. The molecule has 0 radical (unpaired) electrons. The summed E-state index contributed by atoms with van der Waals surface area (Å²) in [4.78, 5) is 16.9. The molecule has 1 amide bonds. The molecule has 1 aliphatic carbocycles. The van der Waals surface area contributed by atoms with Gasteiger partial charge in [-0.05, 0) is 50.9 Å². The first-order valence-electron chi connectivity index (χ1n) is 9.87. The number of hydrogen-bond donors (Lipinski definition) is 0. The molecule has 1 saturated heterocycles. The Labute approximate surface area is 156 Å². The summed E-state index contributed by atoms with van der Waals surface area (Å²) in [7, 11) is 0. The molecule has 1 aromatic rings. The highest BCUT2D eigenvalue weighted by molar-refractivity contribution is 6.01. The summed E-state index contributed by atoms with van der Waals surface area (Å²) >= 11 is 0. The Kier molecular flexibility index (Phi) is 5.83. The van der Waals surface area contributed by atoms with Gasteiger partial charge in [-0.25, -0.2) is 0 Å². The molecule has 2 heterocycles. The van der Waals surface area contributed by atoms with Gasteiger partial charge >= 0.3 is 0 Å². The van der Waals surface area contributed by atoms with Crippen molar-refractivity contribution >= 4 is 12.0 Å². The first kappa shape index (κ1) is 18.7. The van der Waals surface area contributed by atoms with E-state index in [2.05, 4.69) is 42.4 Å². The maximum Gasteiger partial charge on any atom is 0.264 e. The molecule has 5 heteroatoms. The number of aryl methyl sites for hydroxylation is 1. The van der Waals surface area contributed by atoms with Gasteiger partial charge in [0.1, 0.15) is 11.6 Å². The largest absolute Gasteiger partial charge is 0.346 e. The molecular formula is C21H30N4O. The van der Waals surface area contributed by atoms with Crippen molar-refractivity contribution in [3.8, 4) is 6.07 Å². The van der Waals surface area contributed by atoms with E-state index in [1.54, 1.807) is 6.08 Å². The fraction of sp³-hybridized carbons (Fsp3) is 0.619. The highest BCUT2D eigenvalue weighted by Crippen LogP contribution is 2.33. The third-order valence-corrected chi connectivity index (χ3v) is 5.97. The van der Waals surface area contributed by atoms with E-state index in [1.807, 2.05) is 4.90 Å². The van der Waals surface area contributed by atoms with Crippen molar-refractivity contribution in [2.24, 2.45) is 0 Å². The van der Waals surface area contributed by atoms with E-state index in [-0.39, 0.29) is 11.5 Å². The van der Waals surface area contributed by atoms with Crippen molar-refractivity contribution in [1.82, 2.24) is 14.4 Å². The number of piperazine rings is 1. The SMILES string of the molecule is CCN1CCN(C(=O)/C(C#N)=C/c2cc(C)n(C3CCCC3)c2C)CC1. The number of amides is 1. The summed E-state index contributed by atoms with van der Waals surface area (Å²) in [6, 6.07) is 4.83. The lowest BCUT2D eigenvalue weighted by atomic mass is 10.1. The molecule has 3 rings (SSSR count). The number of carbonyl (C=O) groups is 1. The Morgan fingerprint density at radius 2 is 1.88 bits per heavy atom. The zero-order valence-electron chi connectivity index (χ0n) is 16.3. The molecule has 2 fully saturated rings. The molecule has 1 saturated carbocycles. The number of nitrogens with zero attached hydrogens (tertiary/aromatic N) is 4. The maximum atomic E-state index is 12.8. The summed E-state index contributed by atoms with van der Waals surface area (Å²) in [6.45, 7) is 10.6. The van der Waals surface area contributed by atoms with Gasteiger partial charge in [-0.3, -0.25) is 4.79 Å². The van der Waals surface area contributed by atoms with Gasteiger partial charge in [0.25, 0.3) is 5.91 Å². The number of aromatic nitrogens is 1. The van der Waals surface area contributed by atoms with E-state index >= 15 is 0 Å². The lowest BCUT2D eigenvalue weighted by Gasteiger charge is -2.33. The number of likely N-dealkylation sites (N-methyl/N-ethyl adjacent to an activating group) is 1. The average molecular weight is 354 g/mol. The molecule has 1 aliphatic heterocycles. The van der Waals surface area contributed by atoms with Crippen molar-refractivity contribution in [2.75, 3.05) is 32.7 Å². The number of nitriles is 1. The second kappa shape index (κ2) is 8.09.